The number of carbonyl (C=O) groups is 6. The number of hydrogen-bond acceptors (Lipinski definition) is 13. The van der Waals surface area contributed by atoms with E-state index in [4.69, 9.17) is 9.47 Å². The number of pyridine rings is 2. The highest BCUT2D eigenvalue weighted by Crippen LogP contribution is 2.48. The second-order valence-corrected chi connectivity index (χ2v) is 19.4. The van der Waals surface area contributed by atoms with Crippen molar-refractivity contribution in [1.29, 1.82) is 0 Å². The highest BCUT2D eigenvalue weighted by atomic mass is 19.1. The van der Waals surface area contributed by atoms with Gasteiger partial charge in [0.2, 0.25) is 29.5 Å². The Balaban J connectivity index is 0.647. The van der Waals surface area contributed by atoms with Crippen molar-refractivity contribution < 1.29 is 42.6 Å². The smallest absolute Gasteiger partial charge is 0.256 e. The summed E-state index contributed by atoms with van der Waals surface area (Å²) in [5.74, 6) is 0.576. The minimum absolute atomic E-state index is 0.0147. The normalized spacial score (nSPS) is 21.5. The number of nitrogens with one attached hydrogen (secondary N) is 4. The van der Waals surface area contributed by atoms with Crippen LogP contribution in [0.3, 0.4) is 0 Å². The van der Waals surface area contributed by atoms with Crippen molar-refractivity contribution in [3.05, 3.63) is 102 Å². The molecule has 3 aromatic carbocycles. The van der Waals surface area contributed by atoms with E-state index in [-0.39, 0.29) is 49.7 Å². The number of imide groups is 1. The first-order valence-corrected chi connectivity index (χ1v) is 24.2. The number of halogens is 1. The number of aromatic nitrogens is 2. The van der Waals surface area contributed by atoms with E-state index in [0.29, 0.717) is 65.6 Å². The molecule has 5 aromatic rings. The van der Waals surface area contributed by atoms with Gasteiger partial charge in [0.15, 0.2) is 0 Å². The van der Waals surface area contributed by atoms with Gasteiger partial charge in [-0.05, 0) is 123 Å². The lowest BCUT2D eigenvalue weighted by atomic mass is 9.95. The second kappa shape index (κ2) is 18.6. The average molecular weight is 965 g/mol. The molecular weight excluding hydrogens is 912 g/mol. The van der Waals surface area contributed by atoms with E-state index in [0.717, 1.165) is 73.3 Å². The molecule has 19 heteroatoms. The number of piperidine rings is 2. The van der Waals surface area contributed by atoms with Gasteiger partial charge in [-0.2, -0.15) is 0 Å². The average Bonchev–Trinajstić information content (AvgIpc) is 3.82. The predicted molar refractivity (Wildman–Crippen MR) is 259 cm³/mol. The Morgan fingerprint density at radius 2 is 1.59 bits per heavy atom. The van der Waals surface area contributed by atoms with Gasteiger partial charge in [0.25, 0.3) is 5.91 Å². The summed E-state index contributed by atoms with van der Waals surface area (Å²) in [6.45, 7) is 4.59. The van der Waals surface area contributed by atoms with E-state index in [1.165, 1.54) is 35.4 Å². The zero-order valence-corrected chi connectivity index (χ0v) is 39.1. The molecule has 71 heavy (non-hydrogen) atoms. The topological polar surface area (TPSA) is 208 Å². The third kappa shape index (κ3) is 9.05. The zero-order valence-electron chi connectivity index (χ0n) is 39.1. The van der Waals surface area contributed by atoms with Crippen molar-refractivity contribution in [3.8, 4) is 17.2 Å². The van der Waals surface area contributed by atoms with Crippen molar-refractivity contribution in [3.63, 3.8) is 0 Å². The summed E-state index contributed by atoms with van der Waals surface area (Å²) < 4.78 is 25.6. The van der Waals surface area contributed by atoms with Crippen LogP contribution in [0.4, 0.5) is 27.3 Å². The number of piperazine rings is 1. The van der Waals surface area contributed by atoms with Gasteiger partial charge in [0.1, 0.15) is 40.3 Å². The summed E-state index contributed by atoms with van der Waals surface area (Å²) in [5, 5.41) is 11.9. The number of likely N-dealkylation sites (tertiary alicyclic amines) is 2. The van der Waals surface area contributed by atoms with Crippen LogP contribution in [0.2, 0.25) is 0 Å². The molecule has 6 amide bonds. The molecule has 6 aliphatic rings. The van der Waals surface area contributed by atoms with Crippen molar-refractivity contribution in [1.82, 2.24) is 30.0 Å². The van der Waals surface area contributed by atoms with Gasteiger partial charge in [0.05, 0.1) is 30.4 Å². The van der Waals surface area contributed by atoms with Gasteiger partial charge in [0, 0.05) is 86.9 Å². The number of ether oxygens (including phenoxy) is 2. The molecule has 1 saturated carbocycles. The molecule has 1 aliphatic carbocycles. The summed E-state index contributed by atoms with van der Waals surface area (Å²) in [6.07, 6.45) is 7.51. The molecule has 4 saturated heterocycles. The summed E-state index contributed by atoms with van der Waals surface area (Å²) in [6, 6.07) is 19.7. The molecule has 2 bridgehead atoms. The van der Waals surface area contributed by atoms with Crippen LogP contribution in [0, 0.1) is 17.2 Å². The number of hydrogen-bond donors (Lipinski definition) is 4. The SMILES string of the molecule is COc1cc2c(Oc3ccc(NC(=O)C4(C(=O)Nc5ccc(F)cc5)CC4)cc3)ccnc2cc1N1CCC(CN2C[C@H]3C[C@@H]2CN3C(=O)CNc2cc3c(cn2)C(=O)N(C2CCC(=O)NC2=O)C3)CC1. The molecular formula is C52H53FN10O8. The van der Waals surface area contributed by atoms with Gasteiger partial charge >= 0.3 is 0 Å². The van der Waals surface area contributed by atoms with Crippen LogP contribution >= 0.6 is 0 Å². The standard InChI is InChI=1S/C52H53FN10O8/c1-70-44-22-38-40(54-17-12-43(38)71-37-8-6-34(7-9-37)58-51(69)52(15-16-52)50(68)57-33-4-2-32(53)3-5-33)23-42(44)60-18-13-30(14-19-60)26-61-28-36-21-35(61)29-62(36)47(65)25-56-45-20-31-27-63(49(67)39(31)24-55-45)41-10-11-46(64)59-48(41)66/h2-9,12,17,20,22-24,30,35-36,41H,10-11,13-16,18-19,21,25-29H2,1H3,(H,55,56)(H,57,68)(H,58,69)(H,59,64,66)/t35-,36-,41?/m1/s1. The lowest BCUT2D eigenvalue weighted by Crippen LogP contribution is -2.52. The molecule has 18 nitrogen and oxygen atoms in total. The van der Waals surface area contributed by atoms with Gasteiger partial charge in [-0.3, -0.25) is 44.0 Å². The number of fused-ring (bicyclic) bond motifs is 4. The van der Waals surface area contributed by atoms with Gasteiger partial charge < -0.3 is 40.1 Å². The molecule has 2 aromatic heterocycles. The fraction of sp³-hybridized carbons (Fsp3) is 0.385. The number of amides is 6. The van der Waals surface area contributed by atoms with E-state index in [1.807, 2.05) is 11.0 Å². The maximum atomic E-state index is 13.5. The number of rotatable bonds is 14. The molecule has 0 spiro atoms. The van der Waals surface area contributed by atoms with Crippen molar-refractivity contribution >= 4 is 69.2 Å². The van der Waals surface area contributed by atoms with Crippen LogP contribution < -0.4 is 35.6 Å². The van der Waals surface area contributed by atoms with E-state index in [2.05, 4.69) is 47.1 Å². The van der Waals surface area contributed by atoms with Crippen LogP contribution in [0.15, 0.2) is 85.2 Å². The molecule has 7 heterocycles. The maximum absolute atomic E-state index is 13.5. The van der Waals surface area contributed by atoms with Crippen LogP contribution in [0.5, 0.6) is 17.2 Å². The molecule has 4 N–H and O–H groups in total. The van der Waals surface area contributed by atoms with E-state index < -0.39 is 35.0 Å². The zero-order chi connectivity index (χ0) is 49.0. The van der Waals surface area contributed by atoms with E-state index in [9.17, 15) is 33.2 Å². The Morgan fingerprint density at radius 1 is 0.859 bits per heavy atom. The molecule has 3 atom stereocenters. The van der Waals surface area contributed by atoms with Gasteiger partial charge in [-0.15, -0.1) is 0 Å². The van der Waals surface area contributed by atoms with Crippen LogP contribution in [-0.4, -0.2) is 125 Å². The van der Waals surface area contributed by atoms with Crippen molar-refractivity contribution in [2.75, 3.05) is 67.2 Å². The molecule has 11 rings (SSSR count). The van der Waals surface area contributed by atoms with Gasteiger partial charge in [-0.25, -0.2) is 9.37 Å². The first kappa shape index (κ1) is 45.8. The molecule has 0 radical (unpaired) electrons. The molecule has 1 unspecified atom stereocenters. The minimum atomic E-state index is -1.18. The molecule has 5 fully saturated rings. The largest absolute Gasteiger partial charge is 0.495 e. The third-order valence-corrected chi connectivity index (χ3v) is 15.0. The van der Waals surface area contributed by atoms with Crippen molar-refractivity contribution in [2.45, 2.75) is 69.6 Å². The summed E-state index contributed by atoms with van der Waals surface area (Å²) in [7, 11) is 1.67. The quantitative estimate of drug-likeness (QED) is 0.0825. The number of carbonyl (C=O) groups excluding carboxylic acids is 6. The lowest BCUT2D eigenvalue weighted by Gasteiger charge is -2.39. The number of nitrogens with zero attached hydrogens (tertiary/aromatic N) is 6. The second-order valence-electron chi connectivity index (χ2n) is 19.4. The van der Waals surface area contributed by atoms with Gasteiger partial charge in [-0.1, -0.05) is 0 Å². The van der Waals surface area contributed by atoms with Crippen molar-refractivity contribution in [2.24, 2.45) is 11.3 Å². The fourth-order valence-electron chi connectivity index (χ4n) is 10.9. The third-order valence-electron chi connectivity index (χ3n) is 15.0. The Morgan fingerprint density at radius 3 is 2.27 bits per heavy atom. The highest BCUT2D eigenvalue weighted by molar-refractivity contribution is 6.17. The van der Waals surface area contributed by atoms with E-state index >= 15 is 0 Å². The fourth-order valence-corrected chi connectivity index (χ4v) is 10.9. The Labute approximate surface area is 408 Å². The van der Waals surface area contributed by atoms with Crippen LogP contribution in [0.1, 0.15) is 60.9 Å². The maximum Gasteiger partial charge on any atom is 0.256 e. The van der Waals surface area contributed by atoms with Crippen LogP contribution in [-0.2, 0) is 30.5 Å². The predicted octanol–water partition coefficient (Wildman–Crippen LogP) is 5.30. The molecule has 5 aliphatic heterocycles. The number of anilines is 4. The summed E-state index contributed by atoms with van der Waals surface area (Å²) in [5.41, 5.74) is 2.66. The lowest BCUT2D eigenvalue weighted by molar-refractivity contribution is -0.137. The Bertz CT molecular complexity index is 2960. The summed E-state index contributed by atoms with van der Waals surface area (Å²) >= 11 is 0. The first-order valence-electron chi connectivity index (χ1n) is 24.2. The van der Waals surface area contributed by atoms with Crippen LogP contribution in [0.25, 0.3) is 10.9 Å². The Kier molecular flexibility index (Phi) is 12.0. The summed E-state index contributed by atoms with van der Waals surface area (Å²) in [4.78, 5) is 94.4. The minimum Gasteiger partial charge on any atom is -0.495 e. The number of benzene rings is 3. The first-order chi connectivity index (χ1) is 34.4. The monoisotopic (exact) mass is 964 g/mol. The highest BCUT2D eigenvalue weighted by Gasteiger charge is 2.56. The molecule has 366 valence electrons. The number of methoxy groups -OCH3 is 1. The van der Waals surface area contributed by atoms with E-state index in [1.54, 1.807) is 49.7 Å². The Hall–Kier alpha value is -7.67.